The van der Waals surface area contributed by atoms with E-state index in [2.05, 4.69) is 69.8 Å². The van der Waals surface area contributed by atoms with Gasteiger partial charge in [-0.25, -0.2) is 4.57 Å². The zero-order chi connectivity index (χ0) is 26.5. The predicted octanol–water partition coefficient (Wildman–Crippen LogP) is 8.20. The third kappa shape index (κ3) is 2.90. The molecule has 0 radical (unpaired) electrons. The molecule has 0 saturated carbocycles. The molecule has 0 saturated heterocycles. The van der Waals surface area contributed by atoms with Gasteiger partial charge < -0.3 is 4.42 Å². The fourth-order valence-corrected chi connectivity index (χ4v) is 6.14. The second-order valence-corrected chi connectivity index (χ2v) is 11.4. The van der Waals surface area contributed by atoms with Crippen LogP contribution in [-0.4, -0.2) is 0 Å². The summed E-state index contributed by atoms with van der Waals surface area (Å²) in [4.78, 5) is 0. The van der Waals surface area contributed by atoms with E-state index < -0.39 is 6.85 Å². The lowest BCUT2D eigenvalue weighted by atomic mass is 9.62. The summed E-state index contributed by atoms with van der Waals surface area (Å²) < 4.78 is 34.1. The fourth-order valence-electron chi connectivity index (χ4n) is 6.14. The summed E-state index contributed by atoms with van der Waals surface area (Å²) in [5, 5.41) is 3.70. The topological polar surface area (TPSA) is 17.0 Å². The second kappa shape index (κ2) is 6.95. The zero-order valence-corrected chi connectivity index (χ0v) is 21.0. The van der Waals surface area contributed by atoms with Gasteiger partial charge in [-0.3, -0.25) is 0 Å². The molecule has 0 spiro atoms. The van der Waals surface area contributed by atoms with Crippen molar-refractivity contribution < 1.29 is 13.1 Å². The van der Waals surface area contributed by atoms with Crippen molar-refractivity contribution in [2.24, 2.45) is 7.05 Å². The van der Waals surface area contributed by atoms with Gasteiger partial charge in [-0.05, 0) is 77.0 Å². The van der Waals surface area contributed by atoms with Crippen LogP contribution in [0.4, 0.5) is 0 Å². The van der Waals surface area contributed by atoms with Crippen molar-refractivity contribution in [3.63, 3.8) is 0 Å². The van der Waals surface area contributed by atoms with Gasteiger partial charge in [-0.2, -0.15) is 0 Å². The molecule has 0 aliphatic heterocycles. The number of furan rings is 1. The Balaban J connectivity index is 1.82. The molecule has 3 aromatic carbocycles. The van der Waals surface area contributed by atoms with Gasteiger partial charge in [0, 0.05) is 26.5 Å². The molecular formula is C32H34NO+. The lowest BCUT2D eigenvalue weighted by Gasteiger charge is -2.41. The van der Waals surface area contributed by atoms with Crippen molar-refractivity contribution in [3.05, 3.63) is 77.0 Å². The molecule has 2 heteroatoms. The quantitative estimate of drug-likeness (QED) is 0.235. The van der Waals surface area contributed by atoms with Crippen LogP contribution in [0.3, 0.4) is 0 Å². The number of benzene rings is 3. The Morgan fingerprint density at radius 2 is 1.62 bits per heavy atom. The molecule has 0 N–H and O–H groups in total. The van der Waals surface area contributed by atoms with Gasteiger partial charge >= 0.3 is 0 Å². The van der Waals surface area contributed by atoms with Gasteiger partial charge in [0.2, 0.25) is 5.69 Å². The van der Waals surface area contributed by atoms with Crippen molar-refractivity contribution in [2.75, 3.05) is 0 Å². The number of nitrogens with zero attached hydrogens (tertiary/aromatic N) is 1. The smallest absolute Gasteiger partial charge is 0.220 e. The first-order chi connectivity index (χ1) is 17.3. The van der Waals surface area contributed by atoms with Crippen LogP contribution in [0.25, 0.3) is 44.0 Å². The van der Waals surface area contributed by atoms with E-state index in [1.807, 2.05) is 31.2 Å². The van der Waals surface area contributed by atoms with Crippen molar-refractivity contribution in [1.82, 2.24) is 0 Å². The lowest BCUT2D eigenvalue weighted by Crippen LogP contribution is -2.41. The second-order valence-electron chi connectivity index (χ2n) is 11.4. The molecule has 5 aromatic rings. The summed E-state index contributed by atoms with van der Waals surface area (Å²) in [6, 6.07) is 16.4. The number of pyridine rings is 1. The summed E-state index contributed by atoms with van der Waals surface area (Å²) in [7, 11) is 2.09. The third-order valence-corrected chi connectivity index (χ3v) is 8.15. The van der Waals surface area contributed by atoms with E-state index in [1.54, 1.807) is 0 Å². The van der Waals surface area contributed by atoms with Gasteiger partial charge in [-0.1, -0.05) is 58.0 Å². The normalized spacial score (nSPS) is 18.6. The van der Waals surface area contributed by atoms with Crippen LogP contribution in [0.15, 0.2) is 59.1 Å². The van der Waals surface area contributed by atoms with E-state index in [0.29, 0.717) is 16.5 Å². The van der Waals surface area contributed by atoms with Crippen LogP contribution in [0.1, 0.15) is 66.9 Å². The maximum absolute atomic E-state index is 8.40. The standard InChI is InChI=1S/C32H34NO/c1-19-16-20(2)27(29-28-24(12-15-33(29)7)31(3,4)13-14-32(28,5)6)30-26(19)23-17-21-10-8-9-11-22(21)18-25(23)34-30/h8-12,15-18H,13-14H2,1-7H3/q+1/i1D3. The molecule has 0 fully saturated rings. The fraction of sp³-hybridized carbons (Fsp3) is 0.344. The van der Waals surface area contributed by atoms with E-state index in [-0.39, 0.29) is 10.8 Å². The number of hydrogen-bond acceptors (Lipinski definition) is 1. The number of aryl methyl sites for hydroxylation is 3. The van der Waals surface area contributed by atoms with Crippen LogP contribution in [0.5, 0.6) is 0 Å². The van der Waals surface area contributed by atoms with Crippen LogP contribution in [-0.2, 0) is 17.9 Å². The van der Waals surface area contributed by atoms with Crippen LogP contribution >= 0.6 is 0 Å². The van der Waals surface area contributed by atoms with Crippen molar-refractivity contribution in [2.45, 2.75) is 65.1 Å². The molecule has 0 amide bonds. The molecule has 2 aromatic heterocycles. The average Bonchev–Trinajstić information content (AvgIpc) is 3.17. The Morgan fingerprint density at radius 3 is 2.35 bits per heavy atom. The molecule has 0 atom stereocenters. The highest BCUT2D eigenvalue weighted by molar-refractivity contribution is 6.14. The van der Waals surface area contributed by atoms with E-state index in [4.69, 9.17) is 8.53 Å². The number of hydrogen-bond donors (Lipinski definition) is 0. The van der Waals surface area contributed by atoms with Gasteiger partial charge in [0.25, 0.3) is 0 Å². The van der Waals surface area contributed by atoms with Gasteiger partial charge in [0.1, 0.15) is 18.2 Å². The Hall–Kier alpha value is -3.13. The Kier molecular flexibility index (Phi) is 3.72. The van der Waals surface area contributed by atoms with E-state index in [9.17, 15) is 0 Å². The molecule has 172 valence electrons. The highest BCUT2D eigenvalue weighted by atomic mass is 16.3. The Labute approximate surface area is 206 Å². The molecule has 1 aliphatic rings. The van der Waals surface area contributed by atoms with Crippen molar-refractivity contribution in [1.29, 1.82) is 0 Å². The van der Waals surface area contributed by atoms with E-state index >= 15 is 0 Å². The van der Waals surface area contributed by atoms with Crippen molar-refractivity contribution >= 4 is 32.7 Å². The molecule has 6 rings (SSSR count). The monoisotopic (exact) mass is 451 g/mol. The number of rotatable bonds is 1. The molecule has 2 heterocycles. The lowest BCUT2D eigenvalue weighted by molar-refractivity contribution is -0.661. The maximum Gasteiger partial charge on any atom is 0.220 e. The molecular weight excluding hydrogens is 414 g/mol. The van der Waals surface area contributed by atoms with E-state index in [0.717, 1.165) is 51.4 Å². The summed E-state index contributed by atoms with van der Waals surface area (Å²) in [6.45, 7) is 9.09. The van der Waals surface area contributed by atoms with Gasteiger partial charge in [-0.15, -0.1) is 0 Å². The van der Waals surface area contributed by atoms with Crippen molar-refractivity contribution in [3.8, 4) is 11.3 Å². The number of aromatic nitrogens is 1. The summed E-state index contributed by atoms with van der Waals surface area (Å²) in [6.07, 6.45) is 4.37. The molecule has 1 aliphatic carbocycles. The third-order valence-electron chi connectivity index (χ3n) is 8.15. The minimum absolute atomic E-state index is 0.0264. The SMILES string of the molecule is [2H]C([2H])([2H])c1cc(C)c(-c2c3c(cc[n+]2C)C(C)(C)CCC3(C)C)c2oc3cc4ccccc4cc3c12. The predicted molar refractivity (Wildman–Crippen MR) is 143 cm³/mol. The van der Waals surface area contributed by atoms with Crippen LogP contribution < -0.4 is 4.57 Å². The minimum Gasteiger partial charge on any atom is -0.455 e. The first-order valence-corrected chi connectivity index (χ1v) is 12.2. The van der Waals surface area contributed by atoms with Gasteiger partial charge in [0.05, 0.1) is 5.56 Å². The molecule has 34 heavy (non-hydrogen) atoms. The van der Waals surface area contributed by atoms with Gasteiger partial charge in [0.15, 0.2) is 6.20 Å². The largest absolute Gasteiger partial charge is 0.455 e. The summed E-state index contributed by atoms with van der Waals surface area (Å²) >= 11 is 0. The minimum atomic E-state index is -2.26. The number of fused-ring (bicyclic) bond motifs is 5. The highest BCUT2D eigenvalue weighted by Crippen LogP contribution is 2.50. The zero-order valence-electron chi connectivity index (χ0n) is 24.0. The summed E-state index contributed by atoms with van der Waals surface area (Å²) in [5.74, 6) is 0. The Bertz CT molecular complexity index is 1740. The molecule has 0 unspecified atom stereocenters. The molecule has 0 bridgehead atoms. The van der Waals surface area contributed by atoms with E-state index in [1.165, 1.54) is 11.1 Å². The highest BCUT2D eigenvalue weighted by Gasteiger charge is 2.43. The maximum atomic E-state index is 8.40. The van der Waals surface area contributed by atoms with Crippen LogP contribution in [0, 0.1) is 13.8 Å². The Morgan fingerprint density at radius 1 is 0.912 bits per heavy atom. The molecule has 2 nitrogen and oxygen atoms in total. The summed E-state index contributed by atoms with van der Waals surface area (Å²) in [5.41, 5.74) is 7.52. The van der Waals surface area contributed by atoms with Crippen LogP contribution in [0.2, 0.25) is 0 Å². The average molecular weight is 452 g/mol. The first kappa shape index (κ1) is 18.2. The first-order valence-electron chi connectivity index (χ1n) is 13.7.